The molecule has 0 saturated carbocycles. The first kappa shape index (κ1) is 13.5. The van der Waals surface area contributed by atoms with Crippen LogP contribution in [0.2, 0.25) is 0 Å². The maximum Gasteiger partial charge on any atom is 0.0599 e. The molecule has 0 heterocycles. The molecule has 0 radical (unpaired) electrons. The topological polar surface area (TPSA) is 15.3 Å². The molecule has 0 aliphatic heterocycles. The monoisotopic (exact) mass is 196 g/mol. The molecule has 1 unspecified atom stereocenters. The summed E-state index contributed by atoms with van der Waals surface area (Å²) in [4.78, 5) is 2.24. The second-order valence-electron chi connectivity index (χ2n) is 4.13. The van der Waals surface area contributed by atoms with Gasteiger partial charge in [-0.05, 0) is 25.9 Å². The van der Waals surface area contributed by atoms with Crippen LogP contribution in [0.4, 0.5) is 0 Å². The molecular formula is C12H24N2. The Kier molecular flexibility index (Phi) is 7.55. The Hall–Kier alpha value is -0.520. The lowest BCUT2D eigenvalue weighted by atomic mass is 10.0. The Balaban J connectivity index is 3.95. The van der Waals surface area contributed by atoms with E-state index in [1.807, 2.05) is 0 Å². The molecule has 0 rings (SSSR count). The van der Waals surface area contributed by atoms with Crippen molar-refractivity contribution >= 4 is 0 Å². The lowest BCUT2D eigenvalue weighted by Crippen LogP contribution is -2.43. The molecule has 0 fully saturated rings. The molecule has 0 amide bonds. The third-order valence-electron chi connectivity index (χ3n) is 2.46. The van der Waals surface area contributed by atoms with Gasteiger partial charge in [0.05, 0.1) is 6.54 Å². The second-order valence-corrected chi connectivity index (χ2v) is 4.13. The van der Waals surface area contributed by atoms with Crippen molar-refractivity contribution in [2.45, 2.75) is 33.2 Å². The third-order valence-corrected chi connectivity index (χ3v) is 2.46. The van der Waals surface area contributed by atoms with Crippen LogP contribution in [-0.4, -0.2) is 37.6 Å². The van der Waals surface area contributed by atoms with Crippen LogP contribution in [0.25, 0.3) is 0 Å². The minimum atomic E-state index is 0.539. The quantitative estimate of drug-likeness (QED) is 0.491. The SMILES string of the molecule is C#CCN(C)C(CNCCC)C(C)C. The van der Waals surface area contributed by atoms with Gasteiger partial charge in [-0.15, -0.1) is 6.42 Å². The molecule has 0 aromatic heterocycles. The van der Waals surface area contributed by atoms with Crippen molar-refractivity contribution < 1.29 is 0 Å². The highest BCUT2D eigenvalue weighted by Crippen LogP contribution is 2.07. The number of terminal acetylenes is 1. The van der Waals surface area contributed by atoms with Gasteiger partial charge in [0, 0.05) is 12.6 Å². The van der Waals surface area contributed by atoms with E-state index in [1.165, 1.54) is 6.42 Å². The number of nitrogens with one attached hydrogen (secondary N) is 1. The van der Waals surface area contributed by atoms with Gasteiger partial charge < -0.3 is 5.32 Å². The highest BCUT2D eigenvalue weighted by atomic mass is 15.1. The summed E-state index contributed by atoms with van der Waals surface area (Å²) >= 11 is 0. The summed E-state index contributed by atoms with van der Waals surface area (Å²) in [6.45, 7) is 9.52. The maximum absolute atomic E-state index is 5.31. The van der Waals surface area contributed by atoms with Gasteiger partial charge in [0.15, 0.2) is 0 Å². The first-order valence-electron chi connectivity index (χ1n) is 5.47. The van der Waals surface area contributed by atoms with Crippen LogP contribution in [0, 0.1) is 18.3 Å². The molecule has 2 nitrogen and oxygen atoms in total. The molecule has 0 aromatic rings. The average molecular weight is 196 g/mol. The molecule has 0 aromatic carbocycles. The molecule has 0 saturated heterocycles. The Morgan fingerprint density at radius 1 is 1.43 bits per heavy atom. The van der Waals surface area contributed by atoms with E-state index in [1.54, 1.807) is 0 Å². The van der Waals surface area contributed by atoms with E-state index in [-0.39, 0.29) is 0 Å². The second kappa shape index (κ2) is 7.84. The van der Waals surface area contributed by atoms with Crippen molar-refractivity contribution in [1.82, 2.24) is 10.2 Å². The summed E-state index contributed by atoms with van der Waals surface area (Å²) in [6, 6.07) is 0.539. The molecule has 2 heteroatoms. The van der Waals surface area contributed by atoms with Crippen LogP contribution in [0.3, 0.4) is 0 Å². The number of rotatable bonds is 7. The fourth-order valence-electron chi connectivity index (χ4n) is 1.59. The highest BCUT2D eigenvalue weighted by Gasteiger charge is 2.16. The van der Waals surface area contributed by atoms with E-state index in [4.69, 9.17) is 6.42 Å². The van der Waals surface area contributed by atoms with E-state index in [0.717, 1.165) is 19.6 Å². The van der Waals surface area contributed by atoms with Crippen molar-refractivity contribution in [2.75, 3.05) is 26.7 Å². The zero-order valence-corrected chi connectivity index (χ0v) is 10.0. The largest absolute Gasteiger partial charge is 0.315 e. The predicted molar refractivity (Wildman–Crippen MR) is 63.2 cm³/mol. The summed E-state index contributed by atoms with van der Waals surface area (Å²) in [6.07, 6.45) is 6.49. The zero-order chi connectivity index (χ0) is 11.0. The van der Waals surface area contributed by atoms with Crippen LogP contribution in [-0.2, 0) is 0 Å². The highest BCUT2D eigenvalue weighted by molar-refractivity contribution is 4.90. The third kappa shape index (κ3) is 5.26. The molecule has 0 bridgehead atoms. The van der Waals surface area contributed by atoms with E-state index in [9.17, 15) is 0 Å². The van der Waals surface area contributed by atoms with E-state index in [2.05, 4.69) is 44.0 Å². The Labute approximate surface area is 89.1 Å². The number of hydrogen-bond acceptors (Lipinski definition) is 2. The Morgan fingerprint density at radius 3 is 2.50 bits per heavy atom. The minimum Gasteiger partial charge on any atom is -0.315 e. The zero-order valence-electron chi connectivity index (χ0n) is 10.0. The fraction of sp³-hybridized carbons (Fsp3) is 0.833. The van der Waals surface area contributed by atoms with Gasteiger partial charge in [-0.25, -0.2) is 0 Å². The predicted octanol–water partition coefficient (Wildman–Crippen LogP) is 1.58. The molecule has 1 N–H and O–H groups in total. The normalized spacial score (nSPS) is 13.2. The number of nitrogens with zero attached hydrogens (tertiary/aromatic N) is 1. The molecule has 1 atom stereocenters. The summed E-state index contributed by atoms with van der Waals surface area (Å²) in [5.74, 6) is 3.33. The van der Waals surface area contributed by atoms with Crippen molar-refractivity contribution in [2.24, 2.45) is 5.92 Å². The van der Waals surface area contributed by atoms with Crippen molar-refractivity contribution in [3.8, 4) is 12.3 Å². The van der Waals surface area contributed by atoms with Crippen LogP contribution in [0.1, 0.15) is 27.2 Å². The molecule has 0 aliphatic rings. The Morgan fingerprint density at radius 2 is 2.07 bits per heavy atom. The smallest absolute Gasteiger partial charge is 0.0599 e. The van der Waals surface area contributed by atoms with Gasteiger partial charge in [-0.3, -0.25) is 4.90 Å². The van der Waals surface area contributed by atoms with E-state index >= 15 is 0 Å². The van der Waals surface area contributed by atoms with Crippen molar-refractivity contribution in [3.63, 3.8) is 0 Å². The van der Waals surface area contributed by atoms with Crippen LogP contribution >= 0.6 is 0 Å². The molecule has 14 heavy (non-hydrogen) atoms. The Bertz CT molecular complexity index is 170. The summed E-state index contributed by atoms with van der Waals surface area (Å²) < 4.78 is 0. The molecule has 0 aliphatic carbocycles. The maximum atomic E-state index is 5.31. The molecule has 82 valence electrons. The lowest BCUT2D eigenvalue weighted by molar-refractivity contribution is 0.207. The van der Waals surface area contributed by atoms with E-state index in [0.29, 0.717) is 12.0 Å². The van der Waals surface area contributed by atoms with Gasteiger partial charge in [-0.1, -0.05) is 26.7 Å². The van der Waals surface area contributed by atoms with Gasteiger partial charge in [0.25, 0.3) is 0 Å². The standard InChI is InChI=1S/C12H24N2/c1-6-8-13-10-12(11(3)4)14(5)9-7-2/h2,11-13H,6,8-10H2,1,3-5H3. The number of likely N-dealkylation sites (N-methyl/N-ethyl adjacent to an activating group) is 1. The first-order chi connectivity index (χ1) is 6.63. The summed E-state index contributed by atoms with van der Waals surface area (Å²) in [7, 11) is 2.10. The first-order valence-corrected chi connectivity index (χ1v) is 5.47. The van der Waals surface area contributed by atoms with Gasteiger partial charge in [-0.2, -0.15) is 0 Å². The van der Waals surface area contributed by atoms with Crippen LogP contribution < -0.4 is 5.32 Å². The van der Waals surface area contributed by atoms with Crippen LogP contribution in [0.5, 0.6) is 0 Å². The summed E-state index contributed by atoms with van der Waals surface area (Å²) in [5, 5.41) is 3.45. The minimum absolute atomic E-state index is 0.539. The average Bonchev–Trinajstić information content (AvgIpc) is 2.12. The fourth-order valence-corrected chi connectivity index (χ4v) is 1.59. The number of hydrogen-bond donors (Lipinski definition) is 1. The van der Waals surface area contributed by atoms with Gasteiger partial charge in [0.2, 0.25) is 0 Å². The van der Waals surface area contributed by atoms with Crippen molar-refractivity contribution in [1.29, 1.82) is 0 Å². The van der Waals surface area contributed by atoms with Gasteiger partial charge in [0.1, 0.15) is 0 Å². The van der Waals surface area contributed by atoms with E-state index < -0.39 is 0 Å². The van der Waals surface area contributed by atoms with Crippen molar-refractivity contribution in [3.05, 3.63) is 0 Å². The van der Waals surface area contributed by atoms with Gasteiger partial charge >= 0.3 is 0 Å². The lowest BCUT2D eigenvalue weighted by Gasteiger charge is -2.30. The molecular weight excluding hydrogens is 172 g/mol. The molecule has 0 spiro atoms. The van der Waals surface area contributed by atoms with Crippen LogP contribution in [0.15, 0.2) is 0 Å². The summed E-state index contributed by atoms with van der Waals surface area (Å²) in [5.41, 5.74) is 0.